The molecule has 0 radical (unpaired) electrons. The summed E-state index contributed by atoms with van der Waals surface area (Å²) in [5.74, 6) is -0.395. The van der Waals surface area contributed by atoms with Gasteiger partial charge in [0, 0.05) is 17.9 Å². The lowest BCUT2D eigenvalue weighted by Gasteiger charge is -2.06. The minimum absolute atomic E-state index is 0.0892. The number of hydrogen-bond acceptors (Lipinski definition) is 5. The number of imidazole rings is 1. The number of hydrogen-bond donors (Lipinski definition) is 1. The zero-order valence-corrected chi connectivity index (χ0v) is 13.3. The second-order valence-corrected chi connectivity index (χ2v) is 6.02. The van der Waals surface area contributed by atoms with E-state index >= 15 is 0 Å². The molecular formula is C16H13N3O4S. The summed E-state index contributed by atoms with van der Waals surface area (Å²) < 4.78 is 1.50. The Morgan fingerprint density at radius 1 is 1.25 bits per heavy atom. The molecule has 1 aromatic heterocycles. The normalized spacial score (nSPS) is 10.8. The van der Waals surface area contributed by atoms with Gasteiger partial charge in [-0.15, -0.1) is 0 Å². The van der Waals surface area contributed by atoms with E-state index in [1.165, 1.54) is 28.5 Å². The summed E-state index contributed by atoms with van der Waals surface area (Å²) in [6, 6.07) is 14.0. The van der Waals surface area contributed by atoms with Gasteiger partial charge in [-0.1, -0.05) is 42.1 Å². The van der Waals surface area contributed by atoms with Crippen LogP contribution in [0.2, 0.25) is 0 Å². The van der Waals surface area contributed by atoms with Gasteiger partial charge in [-0.2, -0.15) is 0 Å². The van der Waals surface area contributed by atoms with Crippen molar-refractivity contribution in [1.82, 2.24) is 9.55 Å². The highest BCUT2D eigenvalue weighted by Crippen LogP contribution is 2.29. The Balaban J connectivity index is 1.99. The third-order valence-corrected chi connectivity index (χ3v) is 4.46. The summed E-state index contributed by atoms with van der Waals surface area (Å²) in [7, 11) is 0. The van der Waals surface area contributed by atoms with E-state index in [1.54, 1.807) is 6.07 Å². The molecule has 1 heterocycles. The van der Waals surface area contributed by atoms with E-state index < -0.39 is 10.9 Å². The van der Waals surface area contributed by atoms with Gasteiger partial charge in [-0.05, 0) is 11.6 Å². The summed E-state index contributed by atoms with van der Waals surface area (Å²) in [6.45, 7) is -0.297. The van der Waals surface area contributed by atoms with Crippen LogP contribution in [0, 0.1) is 10.1 Å². The van der Waals surface area contributed by atoms with E-state index in [0.717, 1.165) is 5.56 Å². The van der Waals surface area contributed by atoms with Crippen molar-refractivity contribution in [2.75, 3.05) is 0 Å². The number of fused-ring (bicyclic) bond motifs is 1. The molecule has 24 heavy (non-hydrogen) atoms. The molecule has 0 aliphatic rings. The summed E-state index contributed by atoms with van der Waals surface area (Å²) >= 11 is 1.40. The standard InChI is InChI=1S/C16H13N3O4S/c20-15(21)9-18-14-8-12(19(22)23)6-7-13(14)17-16(18)24-10-11-4-2-1-3-5-11/h1-8H,9-10H2,(H,20,21). The molecule has 0 bridgehead atoms. The second kappa shape index (κ2) is 6.71. The van der Waals surface area contributed by atoms with Gasteiger partial charge in [0.1, 0.15) is 6.54 Å². The van der Waals surface area contributed by atoms with Crippen LogP contribution in [-0.4, -0.2) is 25.6 Å². The third-order valence-electron chi connectivity index (χ3n) is 3.41. The van der Waals surface area contributed by atoms with Gasteiger partial charge >= 0.3 is 5.97 Å². The van der Waals surface area contributed by atoms with Gasteiger partial charge in [-0.25, -0.2) is 4.98 Å². The first-order valence-corrected chi connectivity index (χ1v) is 8.06. The second-order valence-electron chi connectivity index (χ2n) is 5.08. The predicted molar refractivity (Wildman–Crippen MR) is 90.0 cm³/mol. The molecule has 3 rings (SSSR count). The molecule has 3 aromatic rings. The minimum atomic E-state index is -1.03. The number of carboxylic acid groups (broad SMARTS) is 1. The van der Waals surface area contributed by atoms with Gasteiger partial charge in [-0.3, -0.25) is 14.9 Å². The first-order valence-electron chi connectivity index (χ1n) is 7.08. The van der Waals surface area contributed by atoms with Gasteiger partial charge in [0.25, 0.3) is 5.69 Å². The smallest absolute Gasteiger partial charge is 0.323 e. The number of thioether (sulfide) groups is 1. The Kier molecular flexibility index (Phi) is 4.48. The van der Waals surface area contributed by atoms with Crippen molar-refractivity contribution in [2.24, 2.45) is 0 Å². The molecule has 7 nitrogen and oxygen atoms in total. The number of aliphatic carboxylic acids is 1. The van der Waals surface area contributed by atoms with Crippen molar-refractivity contribution >= 4 is 34.5 Å². The molecule has 8 heteroatoms. The minimum Gasteiger partial charge on any atom is -0.480 e. The molecule has 1 N–H and O–H groups in total. The van der Waals surface area contributed by atoms with Crippen LogP contribution in [0.5, 0.6) is 0 Å². The molecule has 0 fully saturated rings. The Labute approximate surface area is 141 Å². The van der Waals surface area contributed by atoms with Crippen LogP contribution in [-0.2, 0) is 17.1 Å². The molecule has 0 unspecified atom stereocenters. The lowest BCUT2D eigenvalue weighted by atomic mass is 10.2. The Morgan fingerprint density at radius 3 is 2.67 bits per heavy atom. The highest BCUT2D eigenvalue weighted by molar-refractivity contribution is 7.98. The van der Waals surface area contributed by atoms with Crippen molar-refractivity contribution in [1.29, 1.82) is 0 Å². The topological polar surface area (TPSA) is 98.3 Å². The Bertz CT molecular complexity index is 908. The van der Waals surface area contributed by atoms with Crippen molar-refractivity contribution in [2.45, 2.75) is 17.5 Å². The molecule has 0 aliphatic carbocycles. The number of nitro benzene ring substituents is 1. The van der Waals surface area contributed by atoms with Crippen molar-refractivity contribution in [3.8, 4) is 0 Å². The number of rotatable bonds is 6. The fraction of sp³-hybridized carbons (Fsp3) is 0.125. The van der Waals surface area contributed by atoms with Gasteiger partial charge < -0.3 is 9.67 Å². The van der Waals surface area contributed by atoms with Crippen molar-refractivity contribution in [3.05, 3.63) is 64.2 Å². The summed E-state index contributed by atoms with van der Waals surface area (Å²) in [6.07, 6.45) is 0. The zero-order chi connectivity index (χ0) is 17.1. The summed E-state index contributed by atoms with van der Waals surface area (Å²) in [4.78, 5) is 26.0. The van der Waals surface area contributed by atoms with E-state index in [1.807, 2.05) is 30.3 Å². The number of carbonyl (C=O) groups is 1. The van der Waals surface area contributed by atoms with Gasteiger partial charge in [0.2, 0.25) is 0 Å². The average Bonchev–Trinajstić information content (AvgIpc) is 2.90. The highest BCUT2D eigenvalue weighted by Gasteiger charge is 2.17. The van der Waals surface area contributed by atoms with E-state index in [2.05, 4.69) is 4.98 Å². The number of nitrogens with zero attached hydrogens (tertiary/aromatic N) is 3. The highest BCUT2D eigenvalue weighted by atomic mass is 32.2. The molecule has 0 amide bonds. The Morgan fingerprint density at radius 2 is 2.00 bits per heavy atom. The molecular weight excluding hydrogens is 330 g/mol. The van der Waals surface area contributed by atoms with Gasteiger partial charge in [0.15, 0.2) is 5.16 Å². The van der Waals surface area contributed by atoms with Crippen LogP contribution in [0.25, 0.3) is 11.0 Å². The third kappa shape index (κ3) is 3.38. The van der Waals surface area contributed by atoms with Crippen LogP contribution in [0.4, 0.5) is 5.69 Å². The number of aromatic nitrogens is 2. The van der Waals surface area contributed by atoms with E-state index in [4.69, 9.17) is 5.11 Å². The van der Waals surface area contributed by atoms with Crippen molar-refractivity contribution < 1.29 is 14.8 Å². The van der Waals surface area contributed by atoms with Crippen LogP contribution in [0.3, 0.4) is 0 Å². The maximum atomic E-state index is 11.2. The Hall–Kier alpha value is -2.87. The van der Waals surface area contributed by atoms with E-state index in [9.17, 15) is 14.9 Å². The molecule has 0 aliphatic heterocycles. The lowest BCUT2D eigenvalue weighted by Crippen LogP contribution is -2.09. The zero-order valence-electron chi connectivity index (χ0n) is 12.5. The molecule has 122 valence electrons. The average molecular weight is 343 g/mol. The molecule has 0 atom stereocenters. The monoisotopic (exact) mass is 343 g/mol. The summed E-state index contributed by atoms with van der Waals surface area (Å²) in [5.41, 5.74) is 1.98. The number of nitro groups is 1. The molecule has 2 aromatic carbocycles. The van der Waals surface area contributed by atoms with E-state index in [0.29, 0.717) is 21.9 Å². The largest absolute Gasteiger partial charge is 0.480 e. The lowest BCUT2D eigenvalue weighted by molar-refractivity contribution is -0.384. The first-order chi connectivity index (χ1) is 11.5. The van der Waals surface area contributed by atoms with E-state index in [-0.39, 0.29) is 12.2 Å². The van der Waals surface area contributed by atoms with Crippen LogP contribution in [0.1, 0.15) is 5.56 Å². The maximum Gasteiger partial charge on any atom is 0.323 e. The first kappa shape index (κ1) is 16.0. The van der Waals surface area contributed by atoms with Crippen molar-refractivity contribution in [3.63, 3.8) is 0 Å². The fourth-order valence-electron chi connectivity index (χ4n) is 2.32. The summed E-state index contributed by atoms with van der Waals surface area (Å²) in [5, 5.41) is 20.6. The maximum absolute atomic E-state index is 11.2. The van der Waals surface area contributed by atoms with Crippen LogP contribution < -0.4 is 0 Å². The number of carboxylic acids is 1. The number of non-ortho nitro benzene ring substituents is 1. The molecule has 0 spiro atoms. The van der Waals surface area contributed by atoms with Crippen LogP contribution in [0.15, 0.2) is 53.7 Å². The molecule has 0 saturated carbocycles. The number of benzene rings is 2. The molecule has 0 saturated heterocycles. The predicted octanol–water partition coefficient (Wildman–Crippen LogP) is 3.32. The quantitative estimate of drug-likeness (QED) is 0.419. The van der Waals surface area contributed by atoms with Gasteiger partial charge in [0.05, 0.1) is 16.0 Å². The fourth-order valence-corrected chi connectivity index (χ4v) is 3.29. The van der Waals surface area contributed by atoms with Crippen LogP contribution >= 0.6 is 11.8 Å². The SMILES string of the molecule is O=C(O)Cn1c(SCc2ccccc2)nc2ccc([N+](=O)[O-])cc21.